The first kappa shape index (κ1) is 11.0. The highest BCUT2D eigenvalue weighted by Crippen LogP contribution is 2.03. The van der Waals surface area contributed by atoms with Gasteiger partial charge in [0.25, 0.3) is 0 Å². The zero-order valence-electron chi connectivity index (χ0n) is 7.92. The molecule has 0 aromatic carbocycles. The van der Waals surface area contributed by atoms with Crippen molar-refractivity contribution < 1.29 is 14.3 Å². The summed E-state index contributed by atoms with van der Waals surface area (Å²) in [6, 6.07) is 0. The van der Waals surface area contributed by atoms with Crippen LogP contribution >= 0.6 is 0 Å². The predicted molar refractivity (Wildman–Crippen MR) is 46.6 cm³/mol. The van der Waals surface area contributed by atoms with Gasteiger partial charge in [-0.2, -0.15) is 0 Å². The maximum Gasteiger partial charge on any atom is 0.372 e. The highest BCUT2D eigenvalue weighted by Gasteiger charge is 2.08. The Morgan fingerprint density at radius 3 is 2.50 bits per heavy atom. The minimum Gasteiger partial charge on any atom is -0.487 e. The fourth-order valence-electron chi connectivity index (χ4n) is 0.733. The normalized spacial score (nSPS) is 11.1. The van der Waals surface area contributed by atoms with Crippen molar-refractivity contribution in [3.05, 3.63) is 11.8 Å². The van der Waals surface area contributed by atoms with Gasteiger partial charge in [0, 0.05) is 0 Å². The van der Waals surface area contributed by atoms with Gasteiger partial charge in [-0.05, 0) is 19.4 Å². The molecule has 70 valence electrons. The molecule has 0 bridgehead atoms. The van der Waals surface area contributed by atoms with Gasteiger partial charge in [0.2, 0.25) is 5.76 Å². The number of methoxy groups -OCH3 is 1. The van der Waals surface area contributed by atoms with Crippen molar-refractivity contribution in [3.8, 4) is 0 Å². The molecule has 0 radical (unpaired) electrons. The van der Waals surface area contributed by atoms with Gasteiger partial charge >= 0.3 is 5.97 Å². The van der Waals surface area contributed by atoms with Crippen LogP contribution in [0.15, 0.2) is 11.8 Å². The van der Waals surface area contributed by atoms with Crippen molar-refractivity contribution in [1.82, 2.24) is 0 Å². The average molecular weight is 172 g/mol. The van der Waals surface area contributed by atoms with Crippen LogP contribution in [0.1, 0.15) is 26.7 Å². The molecule has 0 spiro atoms. The van der Waals surface area contributed by atoms with E-state index in [2.05, 4.69) is 4.74 Å². The van der Waals surface area contributed by atoms with Crippen molar-refractivity contribution in [2.45, 2.75) is 26.7 Å². The molecule has 0 aliphatic heterocycles. The third kappa shape index (κ3) is 4.01. The second kappa shape index (κ2) is 6.70. The summed E-state index contributed by atoms with van der Waals surface area (Å²) in [6.07, 6.45) is 3.59. The number of esters is 1. The molecule has 0 aliphatic rings. The van der Waals surface area contributed by atoms with Gasteiger partial charge < -0.3 is 9.47 Å². The smallest absolute Gasteiger partial charge is 0.372 e. The van der Waals surface area contributed by atoms with Crippen LogP contribution < -0.4 is 0 Å². The zero-order valence-corrected chi connectivity index (χ0v) is 7.92. The summed E-state index contributed by atoms with van der Waals surface area (Å²) in [7, 11) is 1.35. The first-order chi connectivity index (χ1) is 5.76. The molecule has 0 aliphatic carbocycles. The van der Waals surface area contributed by atoms with Crippen LogP contribution in [0.5, 0.6) is 0 Å². The Hall–Kier alpha value is -0.990. The molecule has 0 saturated carbocycles. The first-order valence-corrected chi connectivity index (χ1v) is 4.17. The van der Waals surface area contributed by atoms with Crippen molar-refractivity contribution in [2.24, 2.45) is 0 Å². The Labute approximate surface area is 73.4 Å². The Bertz CT molecular complexity index is 161. The van der Waals surface area contributed by atoms with E-state index in [-0.39, 0.29) is 0 Å². The summed E-state index contributed by atoms with van der Waals surface area (Å²) >= 11 is 0. The number of carbonyl (C=O) groups is 1. The molecule has 0 N–H and O–H groups in total. The molecule has 0 unspecified atom stereocenters. The topological polar surface area (TPSA) is 35.5 Å². The summed E-state index contributed by atoms with van der Waals surface area (Å²) in [4.78, 5) is 11.0. The van der Waals surface area contributed by atoms with Gasteiger partial charge in [0.05, 0.1) is 13.7 Å². The molecule has 0 saturated heterocycles. The third-order valence-electron chi connectivity index (χ3n) is 1.30. The first-order valence-electron chi connectivity index (χ1n) is 4.17. The van der Waals surface area contributed by atoms with Crippen molar-refractivity contribution in [1.29, 1.82) is 0 Å². The molecule has 0 rings (SSSR count). The van der Waals surface area contributed by atoms with Gasteiger partial charge in [0.1, 0.15) is 0 Å². The van der Waals surface area contributed by atoms with E-state index in [9.17, 15) is 4.79 Å². The maximum atomic E-state index is 11.0. The van der Waals surface area contributed by atoms with Gasteiger partial charge in [-0.1, -0.05) is 13.3 Å². The van der Waals surface area contributed by atoms with E-state index in [0.717, 1.165) is 12.8 Å². The lowest BCUT2D eigenvalue weighted by molar-refractivity contribution is -0.140. The second-order valence-electron chi connectivity index (χ2n) is 2.28. The molecule has 0 amide bonds. The Kier molecular flexibility index (Phi) is 6.15. The van der Waals surface area contributed by atoms with E-state index in [0.29, 0.717) is 12.4 Å². The lowest BCUT2D eigenvalue weighted by Gasteiger charge is -2.05. The van der Waals surface area contributed by atoms with E-state index >= 15 is 0 Å². The molecular formula is C9H16O3. The molecular weight excluding hydrogens is 156 g/mol. The van der Waals surface area contributed by atoms with Gasteiger partial charge in [0.15, 0.2) is 0 Å². The highest BCUT2D eigenvalue weighted by atomic mass is 16.6. The van der Waals surface area contributed by atoms with E-state index < -0.39 is 5.97 Å². The molecule has 0 aromatic heterocycles. The fraction of sp³-hybridized carbons (Fsp3) is 0.667. The van der Waals surface area contributed by atoms with Crippen molar-refractivity contribution in [3.63, 3.8) is 0 Å². The minimum absolute atomic E-state index is 0.321. The number of rotatable bonds is 5. The number of allylic oxidation sites excluding steroid dienone is 1. The molecule has 3 nitrogen and oxygen atoms in total. The minimum atomic E-state index is -0.398. The van der Waals surface area contributed by atoms with Crippen molar-refractivity contribution >= 4 is 5.97 Å². The fourth-order valence-corrected chi connectivity index (χ4v) is 0.733. The summed E-state index contributed by atoms with van der Waals surface area (Å²) in [5.74, 6) is -0.0767. The predicted octanol–water partition coefficient (Wildman–Crippen LogP) is 1.88. The van der Waals surface area contributed by atoms with E-state index in [1.54, 1.807) is 6.08 Å². The molecule has 0 heterocycles. The van der Waals surface area contributed by atoms with E-state index in [1.807, 2.05) is 13.8 Å². The molecule has 0 aromatic rings. The van der Waals surface area contributed by atoms with E-state index in [1.165, 1.54) is 7.11 Å². The van der Waals surface area contributed by atoms with Crippen molar-refractivity contribution in [2.75, 3.05) is 13.7 Å². The number of unbranched alkanes of at least 4 members (excludes halogenated alkanes) is 1. The largest absolute Gasteiger partial charge is 0.487 e. The molecule has 0 fully saturated rings. The zero-order chi connectivity index (χ0) is 9.40. The lowest BCUT2D eigenvalue weighted by atomic mass is 10.3. The molecule has 12 heavy (non-hydrogen) atoms. The summed E-state index contributed by atoms with van der Waals surface area (Å²) in [6.45, 7) is 4.37. The summed E-state index contributed by atoms with van der Waals surface area (Å²) in [5, 5.41) is 0. The van der Waals surface area contributed by atoms with Crippen LogP contribution in [0.4, 0.5) is 0 Å². The summed E-state index contributed by atoms with van der Waals surface area (Å²) < 4.78 is 9.61. The number of hydrogen-bond acceptors (Lipinski definition) is 3. The molecule has 3 heteroatoms. The quantitative estimate of drug-likeness (QED) is 0.361. The highest BCUT2D eigenvalue weighted by molar-refractivity contribution is 5.86. The lowest BCUT2D eigenvalue weighted by Crippen LogP contribution is -2.08. The third-order valence-corrected chi connectivity index (χ3v) is 1.30. The maximum absolute atomic E-state index is 11.0. The second-order valence-corrected chi connectivity index (χ2v) is 2.28. The Morgan fingerprint density at radius 2 is 2.08 bits per heavy atom. The SMILES string of the molecule is CCCC=C(OCC)C(=O)OC. The van der Waals surface area contributed by atoms with Gasteiger partial charge in [-0.3, -0.25) is 0 Å². The number of hydrogen-bond donors (Lipinski definition) is 0. The Balaban J connectivity index is 4.11. The summed E-state index contributed by atoms with van der Waals surface area (Å²) in [5.41, 5.74) is 0. The van der Waals surface area contributed by atoms with Crippen LogP contribution in [-0.2, 0) is 14.3 Å². The number of ether oxygens (including phenoxy) is 2. The van der Waals surface area contributed by atoms with Crippen LogP contribution in [0.2, 0.25) is 0 Å². The molecule has 0 atom stereocenters. The standard InChI is InChI=1S/C9H16O3/c1-4-6-7-8(12-5-2)9(10)11-3/h7H,4-6H2,1-3H3. The van der Waals surface area contributed by atoms with Crippen LogP contribution in [0.25, 0.3) is 0 Å². The monoisotopic (exact) mass is 172 g/mol. The van der Waals surface area contributed by atoms with Crippen LogP contribution in [0, 0.1) is 0 Å². The van der Waals surface area contributed by atoms with Crippen LogP contribution in [-0.4, -0.2) is 19.7 Å². The van der Waals surface area contributed by atoms with E-state index in [4.69, 9.17) is 4.74 Å². The van der Waals surface area contributed by atoms with Crippen LogP contribution in [0.3, 0.4) is 0 Å². The average Bonchev–Trinajstić information content (AvgIpc) is 2.11. The Morgan fingerprint density at radius 1 is 1.42 bits per heavy atom. The van der Waals surface area contributed by atoms with Gasteiger partial charge in [-0.25, -0.2) is 4.79 Å². The number of carbonyl (C=O) groups excluding carboxylic acids is 1. The van der Waals surface area contributed by atoms with Gasteiger partial charge in [-0.15, -0.1) is 0 Å².